The molecule has 100 valence electrons. The Morgan fingerprint density at radius 1 is 1.42 bits per heavy atom. The highest BCUT2D eigenvalue weighted by molar-refractivity contribution is 9.10. The van der Waals surface area contributed by atoms with Crippen molar-refractivity contribution in [2.45, 2.75) is 25.3 Å². The molecule has 0 aliphatic heterocycles. The molecule has 1 saturated carbocycles. The standard InChI is InChI=1S/C14H14BrClN2O/c15-11-4-1-9(7-12(11)16)13-8-18-14(19-13)5-6-17-10-2-3-10/h1,4,7-8,10,17H,2-3,5-6H2. The van der Waals surface area contributed by atoms with Gasteiger partial charge in [0.05, 0.1) is 11.2 Å². The van der Waals surface area contributed by atoms with E-state index in [9.17, 15) is 0 Å². The molecule has 1 aromatic carbocycles. The summed E-state index contributed by atoms with van der Waals surface area (Å²) in [5.41, 5.74) is 0.946. The van der Waals surface area contributed by atoms with Gasteiger partial charge in [0.15, 0.2) is 11.7 Å². The van der Waals surface area contributed by atoms with Crippen LogP contribution in [-0.2, 0) is 6.42 Å². The molecular weight excluding hydrogens is 328 g/mol. The van der Waals surface area contributed by atoms with E-state index >= 15 is 0 Å². The van der Waals surface area contributed by atoms with Crippen LogP contribution >= 0.6 is 27.5 Å². The average Bonchev–Trinajstić information content (AvgIpc) is 3.10. The number of nitrogens with zero attached hydrogens (tertiary/aromatic N) is 1. The molecule has 19 heavy (non-hydrogen) atoms. The van der Waals surface area contributed by atoms with E-state index in [-0.39, 0.29) is 0 Å². The number of hydrogen-bond acceptors (Lipinski definition) is 3. The van der Waals surface area contributed by atoms with Crippen molar-refractivity contribution in [3.63, 3.8) is 0 Å². The first-order chi connectivity index (χ1) is 9.22. The van der Waals surface area contributed by atoms with Crippen LogP contribution in [0.4, 0.5) is 0 Å². The minimum atomic E-state index is 0.672. The quantitative estimate of drug-likeness (QED) is 0.891. The van der Waals surface area contributed by atoms with Gasteiger partial charge in [-0.2, -0.15) is 0 Å². The Labute approximate surface area is 125 Å². The summed E-state index contributed by atoms with van der Waals surface area (Å²) in [6.07, 6.45) is 5.18. The van der Waals surface area contributed by atoms with Crippen LogP contribution in [0.3, 0.4) is 0 Å². The van der Waals surface area contributed by atoms with Gasteiger partial charge in [0.25, 0.3) is 0 Å². The molecule has 1 heterocycles. The Kier molecular flexibility index (Phi) is 3.91. The first-order valence-corrected chi connectivity index (χ1v) is 7.53. The van der Waals surface area contributed by atoms with Gasteiger partial charge in [0.2, 0.25) is 0 Å². The summed E-state index contributed by atoms with van der Waals surface area (Å²) >= 11 is 9.45. The summed E-state index contributed by atoms with van der Waals surface area (Å²) in [6.45, 7) is 0.922. The molecule has 1 aliphatic rings. The van der Waals surface area contributed by atoms with Crippen molar-refractivity contribution >= 4 is 27.5 Å². The van der Waals surface area contributed by atoms with Crippen molar-refractivity contribution < 1.29 is 4.42 Å². The number of rotatable bonds is 5. The number of halogens is 2. The van der Waals surface area contributed by atoms with Crippen molar-refractivity contribution in [3.8, 4) is 11.3 Å². The van der Waals surface area contributed by atoms with E-state index in [0.29, 0.717) is 5.02 Å². The molecule has 0 radical (unpaired) electrons. The van der Waals surface area contributed by atoms with Crippen LogP contribution in [0.15, 0.2) is 33.3 Å². The molecule has 0 bridgehead atoms. The largest absolute Gasteiger partial charge is 0.441 e. The van der Waals surface area contributed by atoms with Crippen LogP contribution in [0, 0.1) is 0 Å². The molecule has 0 unspecified atom stereocenters. The van der Waals surface area contributed by atoms with Crippen molar-refractivity contribution in [1.82, 2.24) is 10.3 Å². The molecule has 2 aromatic rings. The highest BCUT2D eigenvalue weighted by Gasteiger charge is 2.20. The first kappa shape index (κ1) is 13.2. The van der Waals surface area contributed by atoms with Gasteiger partial charge in [-0.3, -0.25) is 0 Å². The second kappa shape index (κ2) is 5.65. The lowest BCUT2D eigenvalue weighted by Crippen LogP contribution is -2.19. The number of nitrogens with one attached hydrogen (secondary N) is 1. The zero-order valence-electron chi connectivity index (χ0n) is 10.3. The maximum atomic E-state index is 6.08. The van der Waals surface area contributed by atoms with E-state index in [1.165, 1.54) is 12.8 Å². The fraction of sp³-hybridized carbons (Fsp3) is 0.357. The summed E-state index contributed by atoms with van der Waals surface area (Å²) in [7, 11) is 0. The third-order valence-corrected chi connectivity index (χ3v) is 4.34. The third-order valence-electron chi connectivity index (χ3n) is 3.11. The summed E-state index contributed by atoms with van der Waals surface area (Å²) in [6, 6.07) is 6.47. The predicted octanol–water partition coefficient (Wildman–Crippen LogP) is 4.05. The van der Waals surface area contributed by atoms with E-state index in [4.69, 9.17) is 16.0 Å². The highest BCUT2D eigenvalue weighted by atomic mass is 79.9. The van der Waals surface area contributed by atoms with Crippen molar-refractivity contribution in [2.75, 3.05) is 6.54 Å². The van der Waals surface area contributed by atoms with E-state index in [1.807, 2.05) is 18.2 Å². The molecule has 0 spiro atoms. The maximum absolute atomic E-state index is 6.08. The fourth-order valence-electron chi connectivity index (χ4n) is 1.88. The van der Waals surface area contributed by atoms with Gasteiger partial charge < -0.3 is 9.73 Å². The minimum Gasteiger partial charge on any atom is -0.441 e. The first-order valence-electron chi connectivity index (χ1n) is 6.36. The molecular formula is C14H14BrClN2O. The molecule has 0 amide bonds. The van der Waals surface area contributed by atoms with Crippen LogP contribution in [0.25, 0.3) is 11.3 Å². The maximum Gasteiger partial charge on any atom is 0.196 e. The van der Waals surface area contributed by atoms with Gasteiger partial charge in [-0.05, 0) is 47.0 Å². The zero-order chi connectivity index (χ0) is 13.2. The molecule has 1 fully saturated rings. The summed E-state index contributed by atoms with van der Waals surface area (Å²) in [4.78, 5) is 4.30. The van der Waals surface area contributed by atoms with Crippen molar-refractivity contribution in [2.24, 2.45) is 0 Å². The Bertz CT molecular complexity index is 581. The lowest BCUT2D eigenvalue weighted by molar-refractivity contribution is 0.494. The average molecular weight is 342 g/mol. The topological polar surface area (TPSA) is 38.1 Å². The number of aromatic nitrogens is 1. The van der Waals surface area contributed by atoms with Crippen LogP contribution in [0.2, 0.25) is 5.02 Å². The van der Waals surface area contributed by atoms with E-state index in [1.54, 1.807) is 6.20 Å². The molecule has 3 rings (SSSR count). The Morgan fingerprint density at radius 3 is 3.00 bits per heavy atom. The number of oxazole rings is 1. The summed E-state index contributed by atoms with van der Waals surface area (Å²) in [5.74, 6) is 1.53. The van der Waals surface area contributed by atoms with E-state index < -0.39 is 0 Å². The summed E-state index contributed by atoms with van der Waals surface area (Å²) in [5, 5.41) is 4.12. The molecule has 1 aliphatic carbocycles. The Balaban J connectivity index is 1.67. The van der Waals surface area contributed by atoms with Gasteiger partial charge in [-0.15, -0.1) is 0 Å². The lowest BCUT2D eigenvalue weighted by Gasteiger charge is -2.00. The Morgan fingerprint density at radius 2 is 2.26 bits per heavy atom. The van der Waals surface area contributed by atoms with Crippen LogP contribution in [-0.4, -0.2) is 17.6 Å². The monoisotopic (exact) mass is 340 g/mol. The van der Waals surface area contributed by atoms with Gasteiger partial charge in [-0.1, -0.05) is 11.6 Å². The van der Waals surface area contributed by atoms with Gasteiger partial charge in [-0.25, -0.2) is 4.98 Å². The third kappa shape index (κ3) is 3.38. The molecule has 1 aromatic heterocycles. The van der Waals surface area contributed by atoms with Crippen molar-refractivity contribution in [3.05, 3.63) is 39.8 Å². The highest BCUT2D eigenvalue weighted by Crippen LogP contribution is 2.29. The molecule has 5 heteroatoms. The molecule has 1 N–H and O–H groups in total. The Hall–Kier alpha value is -0.840. The minimum absolute atomic E-state index is 0.672. The van der Waals surface area contributed by atoms with Gasteiger partial charge in [0.1, 0.15) is 0 Å². The smallest absolute Gasteiger partial charge is 0.196 e. The van der Waals surface area contributed by atoms with E-state index in [2.05, 4.69) is 26.2 Å². The van der Waals surface area contributed by atoms with Crippen LogP contribution in [0.1, 0.15) is 18.7 Å². The molecule has 3 nitrogen and oxygen atoms in total. The second-order valence-corrected chi connectivity index (χ2v) is 5.99. The van der Waals surface area contributed by atoms with Gasteiger partial charge >= 0.3 is 0 Å². The lowest BCUT2D eigenvalue weighted by atomic mass is 10.2. The normalized spacial score (nSPS) is 14.8. The SMILES string of the molecule is Clc1cc(-c2cnc(CCNC3CC3)o2)ccc1Br. The predicted molar refractivity (Wildman–Crippen MR) is 79.4 cm³/mol. The van der Waals surface area contributed by atoms with Gasteiger partial charge in [0, 0.05) is 29.0 Å². The fourth-order valence-corrected chi connectivity index (χ4v) is 2.31. The van der Waals surface area contributed by atoms with Crippen molar-refractivity contribution in [1.29, 1.82) is 0 Å². The van der Waals surface area contributed by atoms with Crippen LogP contribution in [0.5, 0.6) is 0 Å². The van der Waals surface area contributed by atoms with Crippen LogP contribution < -0.4 is 5.32 Å². The molecule has 0 saturated heterocycles. The zero-order valence-corrected chi connectivity index (χ0v) is 12.7. The number of hydrogen-bond donors (Lipinski definition) is 1. The summed E-state index contributed by atoms with van der Waals surface area (Å²) < 4.78 is 6.62. The molecule has 0 atom stereocenters. The number of benzene rings is 1. The van der Waals surface area contributed by atoms with E-state index in [0.717, 1.165) is 40.7 Å². The second-order valence-electron chi connectivity index (χ2n) is 4.73.